The second-order valence-corrected chi connectivity index (χ2v) is 8.02. The summed E-state index contributed by atoms with van der Waals surface area (Å²) in [5, 5.41) is 2.86. The Labute approximate surface area is 174 Å². The molecule has 3 heterocycles. The van der Waals surface area contributed by atoms with Gasteiger partial charge in [-0.2, -0.15) is 0 Å². The number of hydrogen-bond donors (Lipinski definition) is 1. The lowest BCUT2D eigenvalue weighted by Gasteiger charge is -2.43. The van der Waals surface area contributed by atoms with Crippen molar-refractivity contribution in [3.8, 4) is 0 Å². The van der Waals surface area contributed by atoms with Crippen LogP contribution in [0.3, 0.4) is 0 Å². The Morgan fingerprint density at radius 2 is 1.90 bits per heavy atom. The molecule has 0 radical (unpaired) electrons. The average Bonchev–Trinajstić information content (AvgIpc) is 2.78. The molecule has 1 N–H and O–H groups in total. The second-order valence-electron chi connectivity index (χ2n) is 8.02. The van der Waals surface area contributed by atoms with Gasteiger partial charge in [-0.15, -0.1) is 0 Å². The normalized spacial score (nSPS) is 28.3. The van der Waals surface area contributed by atoms with Crippen molar-refractivity contribution in [2.45, 2.75) is 37.1 Å². The maximum absolute atomic E-state index is 13.5. The van der Waals surface area contributed by atoms with Crippen LogP contribution in [0.1, 0.15) is 29.2 Å². The van der Waals surface area contributed by atoms with Crippen LogP contribution < -0.4 is 5.32 Å². The highest BCUT2D eigenvalue weighted by Gasteiger charge is 2.42. The van der Waals surface area contributed by atoms with E-state index in [1.165, 1.54) is 17.7 Å². The van der Waals surface area contributed by atoms with Gasteiger partial charge in [0, 0.05) is 13.0 Å². The summed E-state index contributed by atoms with van der Waals surface area (Å²) in [7, 11) is 0. The van der Waals surface area contributed by atoms with Crippen LogP contribution in [0.2, 0.25) is 0 Å². The topological polar surface area (TPSA) is 67.9 Å². The minimum Gasteiger partial charge on any atom is -0.366 e. The van der Waals surface area contributed by atoms with Crippen LogP contribution in [0.4, 0.5) is 4.39 Å². The van der Waals surface area contributed by atoms with Crippen molar-refractivity contribution in [2.24, 2.45) is 0 Å². The summed E-state index contributed by atoms with van der Waals surface area (Å²) in [5.41, 5.74) is 3.11. The highest BCUT2D eigenvalue weighted by atomic mass is 19.1. The molecule has 7 heteroatoms. The molecule has 2 fully saturated rings. The summed E-state index contributed by atoms with van der Waals surface area (Å²) in [4.78, 5) is 26.9. The molecule has 2 aromatic rings. The lowest BCUT2D eigenvalue weighted by molar-refractivity contribution is -0.166. The van der Waals surface area contributed by atoms with Gasteiger partial charge in [0.15, 0.2) is 0 Å². The van der Waals surface area contributed by atoms with Gasteiger partial charge >= 0.3 is 0 Å². The van der Waals surface area contributed by atoms with E-state index in [0.717, 1.165) is 17.5 Å². The molecule has 4 atom stereocenters. The first-order valence-electron chi connectivity index (χ1n) is 10.3. The fourth-order valence-corrected chi connectivity index (χ4v) is 4.69. The molecule has 3 aliphatic heterocycles. The number of carbonyl (C=O) groups is 2. The van der Waals surface area contributed by atoms with E-state index in [1.54, 1.807) is 12.1 Å². The number of carbonyl (C=O) groups excluding carboxylic acids is 2. The predicted molar refractivity (Wildman–Crippen MR) is 106 cm³/mol. The first-order valence-corrected chi connectivity index (χ1v) is 10.3. The van der Waals surface area contributed by atoms with Crippen molar-refractivity contribution >= 4 is 11.8 Å². The van der Waals surface area contributed by atoms with Gasteiger partial charge in [0.05, 0.1) is 24.8 Å². The van der Waals surface area contributed by atoms with E-state index in [1.807, 2.05) is 23.1 Å². The molecule has 2 amide bonds. The first-order chi connectivity index (χ1) is 14.6. The molecule has 0 saturated carbocycles. The predicted octanol–water partition coefficient (Wildman–Crippen LogP) is 1.97. The lowest BCUT2D eigenvalue weighted by atomic mass is 9.87. The van der Waals surface area contributed by atoms with Crippen molar-refractivity contribution in [3.05, 3.63) is 71.0 Å². The van der Waals surface area contributed by atoms with Gasteiger partial charge in [-0.25, -0.2) is 4.39 Å². The smallest absolute Gasteiger partial charge is 0.252 e. The van der Waals surface area contributed by atoms with Gasteiger partial charge in [0.1, 0.15) is 18.5 Å². The minimum atomic E-state index is -0.630. The Kier molecular flexibility index (Phi) is 5.00. The van der Waals surface area contributed by atoms with Crippen molar-refractivity contribution in [1.29, 1.82) is 0 Å². The molecule has 5 rings (SSSR count). The summed E-state index contributed by atoms with van der Waals surface area (Å²) in [5.74, 6) is -0.565. The summed E-state index contributed by atoms with van der Waals surface area (Å²) in [6.45, 7) is 0.819. The number of nitrogens with zero attached hydrogens (tertiary/aromatic N) is 1. The molecular weight excluding hydrogens is 387 g/mol. The van der Waals surface area contributed by atoms with E-state index in [0.29, 0.717) is 13.0 Å². The summed E-state index contributed by atoms with van der Waals surface area (Å²) in [6.07, 6.45) is 0.296. The third kappa shape index (κ3) is 3.48. The highest BCUT2D eigenvalue weighted by molar-refractivity contribution is 5.83. The zero-order valence-electron chi connectivity index (χ0n) is 16.4. The molecule has 6 nitrogen and oxygen atoms in total. The minimum absolute atomic E-state index is 0.0113. The molecule has 30 heavy (non-hydrogen) atoms. The van der Waals surface area contributed by atoms with Gasteiger partial charge in [0.2, 0.25) is 5.91 Å². The van der Waals surface area contributed by atoms with E-state index in [9.17, 15) is 14.0 Å². The fraction of sp³-hybridized carbons (Fsp3) is 0.391. The summed E-state index contributed by atoms with van der Waals surface area (Å²) in [6, 6.07) is 13.9. The largest absolute Gasteiger partial charge is 0.366 e. The quantitative estimate of drug-likeness (QED) is 0.822. The third-order valence-corrected chi connectivity index (χ3v) is 6.17. The van der Waals surface area contributed by atoms with Crippen LogP contribution in [0.5, 0.6) is 0 Å². The maximum atomic E-state index is 13.5. The van der Waals surface area contributed by atoms with E-state index in [2.05, 4.69) is 11.4 Å². The Morgan fingerprint density at radius 3 is 2.73 bits per heavy atom. The summed E-state index contributed by atoms with van der Waals surface area (Å²) >= 11 is 0. The molecule has 2 saturated heterocycles. The number of nitrogens with one attached hydrogen (secondary N) is 1. The van der Waals surface area contributed by atoms with E-state index in [4.69, 9.17) is 9.47 Å². The van der Waals surface area contributed by atoms with Crippen molar-refractivity contribution in [1.82, 2.24) is 10.2 Å². The molecular formula is C23H23FN2O4. The highest BCUT2D eigenvalue weighted by Crippen LogP contribution is 2.36. The Bertz CT molecular complexity index is 964. The zero-order chi connectivity index (χ0) is 20.7. The number of halogens is 1. The van der Waals surface area contributed by atoms with Crippen LogP contribution in [0.25, 0.3) is 0 Å². The van der Waals surface area contributed by atoms with Crippen LogP contribution in [-0.2, 0) is 25.5 Å². The second kappa shape index (κ2) is 7.81. The first kappa shape index (κ1) is 19.2. The number of rotatable bonds is 2. The van der Waals surface area contributed by atoms with E-state index >= 15 is 0 Å². The molecule has 0 aliphatic carbocycles. The Balaban J connectivity index is 1.43. The van der Waals surface area contributed by atoms with E-state index in [-0.39, 0.29) is 49.0 Å². The van der Waals surface area contributed by atoms with Crippen LogP contribution >= 0.6 is 0 Å². The molecule has 156 valence electrons. The van der Waals surface area contributed by atoms with Gasteiger partial charge in [-0.3, -0.25) is 9.59 Å². The monoisotopic (exact) mass is 410 g/mol. The SMILES string of the molecule is O=C1CO[C@H]2C[C@H](C(=O)N3CCc4ccccc4[C@@H]3c3ccc(F)cc3)OC[C@H]2N1. The number of amides is 2. The number of benzene rings is 2. The van der Waals surface area contributed by atoms with E-state index < -0.39 is 6.10 Å². The van der Waals surface area contributed by atoms with Gasteiger partial charge in [-0.05, 0) is 35.2 Å². The van der Waals surface area contributed by atoms with Crippen molar-refractivity contribution in [3.63, 3.8) is 0 Å². The molecule has 3 aliphatic rings. The van der Waals surface area contributed by atoms with Crippen LogP contribution in [0, 0.1) is 5.82 Å². The average molecular weight is 410 g/mol. The summed E-state index contributed by atoms with van der Waals surface area (Å²) < 4.78 is 25.0. The Hall–Kier alpha value is -2.77. The van der Waals surface area contributed by atoms with Crippen molar-refractivity contribution < 1.29 is 23.5 Å². The molecule has 2 aromatic carbocycles. The van der Waals surface area contributed by atoms with Crippen LogP contribution in [-0.4, -0.2) is 54.7 Å². The number of ether oxygens (including phenoxy) is 2. The van der Waals surface area contributed by atoms with Gasteiger partial charge < -0.3 is 19.7 Å². The molecule has 0 spiro atoms. The van der Waals surface area contributed by atoms with Crippen molar-refractivity contribution in [2.75, 3.05) is 19.8 Å². The zero-order valence-corrected chi connectivity index (χ0v) is 16.4. The Morgan fingerprint density at radius 1 is 1.10 bits per heavy atom. The number of hydrogen-bond acceptors (Lipinski definition) is 4. The fourth-order valence-electron chi connectivity index (χ4n) is 4.69. The van der Waals surface area contributed by atoms with Gasteiger partial charge in [0.25, 0.3) is 5.91 Å². The molecule has 0 aromatic heterocycles. The standard InChI is InChI=1S/C23H23FN2O4/c24-16-7-5-15(6-8-16)22-17-4-2-1-3-14(17)9-10-26(22)23(28)20-11-19-18(12-29-20)25-21(27)13-30-19/h1-8,18-20,22H,9-13H2,(H,25,27)/t18-,19+,20-,22+/m1/s1. The number of fused-ring (bicyclic) bond motifs is 2. The molecule has 0 bridgehead atoms. The number of morpholine rings is 1. The third-order valence-electron chi connectivity index (χ3n) is 6.17. The van der Waals surface area contributed by atoms with Crippen LogP contribution in [0.15, 0.2) is 48.5 Å². The maximum Gasteiger partial charge on any atom is 0.252 e. The molecule has 0 unspecified atom stereocenters. The lowest BCUT2D eigenvalue weighted by Crippen LogP contribution is -2.60. The van der Waals surface area contributed by atoms with Gasteiger partial charge in [-0.1, -0.05) is 36.4 Å².